The first kappa shape index (κ1) is 24.1. The van der Waals surface area contributed by atoms with Gasteiger partial charge in [-0.25, -0.2) is 15.0 Å². The highest BCUT2D eigenvalue weighted by Gasteiger charge is 2.12. The van der Waals surface area contributed by atoms with Crippen molar-refractivity contribution in [1.29, 1.82) is 0 Å². The van der Waals surface area contributed by atoms with Gasteiger partial charge in [0.05, 0.1) is 27.9 Å². The summed E-state index contributed by atoms with van der Waals surface area (Å²) in [5.41, 5.74) is 10.1. The fraction of sp³-hybridized carbons (Fsp3) is 0. The van der Waals surface area contributed by atoms with E-state index >= 15 is 0 Å². The van der Waals surface area contributed by atoms with Crippen molar-refractivity contribution in [1.82, 2.24) is 19.9 Å². The highest BCUT2D eigenvalue weighted by atomic mass is 14.9. The zero-order valence-corrected chi connectivity index (χ0v) is 22.6. The van der Waals surface area contributed by atoms with Crippen LogP contribution in [0, 0.1) is 0 Å². The maximum atomic E-state index is 5.01. The van der Waals surface area contributed by atoms with E-state index in [2.05, 4.69) is 102 Å². The Labute approximate surface area is 243 Å². The molecule has 8 rings (SSSR count). The van der Waals surface area contributed by atoms with Crippen LogP contribution in [0.25, 0.3) is 77.7 Å². The molecule has 42 heavy (non-hydrogen) atoms. The van der Waals surface area contributed by atoms with E-state index in [1.165, 1.54) is 0 Å². The molecule has 4 nitrogen and oxygen atoms in total. The van der Waals surface area contributed by atoms with Gasteiger partial charge >= 0.3 is 0 Å². The monoisotopic (exact) mass is 536 g/mol. The summed E-state index contributed by atoms with van der Waals surface area (Å²) in [5, 5.41) is 3.24. The fourth-order valence-corrected chi connectivity index (χ4v) is 5.55. The molecule has 196 valence electrons. The molecule has 0 N–H and O–H groups in total. The molecule has 0 aliphatic rings. The Morgan fingerprint density at radius 2 is 1.02 bits per heavy atom. The molecule has 0 fully saturated rings. The van der Waals surface area contributed by atoms with Crippen LogP contribution in [0.3, 0.4) is 0 Å². The van der Waals surface area contributed by atoms with E-state index in [0.29, 0.717) is 0 Å². The summed E-state index contributed by atoms with van der Waals surface area (Å²) >= 11 is 0. The second kappa shape index (κ2) is 10.0. The van der Waals surface area contributed by atoms with Crippen molar-refractivity contribution in [2.45, 2.75) is 0 Å². The van der Waals surface area contributed by atoms with Gasteiger partial charge < -0.3 is 0 Å². The van der Waals surface area contributed by atoms with Gasteiger partial charge in [-0.05, 0) is 29.3 Å². The first-order valence-electron chi connectivity index (χ1n) is 14.0. The van der Waals surface area contributed by atoms with Crippen molar-refractivity contribution >= 4 is 32.7 Å². The fourth-order valence-electron chi connectivity index (χ4n) is 5.55. The molecule has 0 bridgehead atoms. The summed E-state index contributed by atoms with van der Waals surface area (Å²) in [5.74, 6) is 0.721. The van der Waals surface area contributed by atoms with Crippen LogP contribution in [0.4, 0.5) is 0 Å². The van der Waals surface area contributed by atoms with E-state index in [1.807, 2.05) is 48.7 Å². The minimum Gasteiger partial charge on any atom is -0.254 e. The summed E-state index contributed by atoms with van der Waals surface area (Å²) in [6.45, 7) is 0. The number of para-hydroxylation sites is 1. The van der Waals surface area contributed by atoms with Crippen LogP contribution in [0.1, 0.15) is 0 Å². The number of hydrogen-bond donors (Lipinski definition) is 0. The van der Waals surface area contributed by atoms with Crippen LogP contribution in [-0.2, 0) is 0 Å². The maximum Gasteiger partial charge on any atom is 0.160 e. The normalized spacial score (nSPS) is 11.3. The second-order valence-electron chi connectivity index (χ2n) is 10.3. The topological polar surface area (TPSA) is 51.6 Å². The maximum absolute atomic E-state index is 5.01. The molecule has 0 aliphatic carbocycles. The molecule has 0 radical (unpaired) electrons. The molecule has 3 heterocycles. The number of fused-ring (bicyclic) bond motifs is 4. The van der Waals surface area contributed by atoms with Crippen molar-refractivity contribution < 1.29 is 0 Å². The quantitative estimate of drug-likeness (QED) is 0.210. The summed E-state index contributed by atoms with van der Waals surface area (Å²) in [6.07, 6.45) is 1.82. The summed E-state index contributed by atoms with van der Waals surface area (Å²) < 4.78 is 0. The third kappa shape index (κ3) is 4.27. The molecule has 0 amide bonds. The van der Waals surface area contributed by atoms with Gasteiger partial charge in [-0.3, -0.25) is 4.98 Å². The molecule has 5 aromatic carbocycles. The van der Waals surface area contributed by atoms with Gasteiger partial charge in [-0.15, -0.1) is 0 Å². The number of rotatable bonds is 4. The number of aromatic nitrogens is 4. The third-order valence-electron chi connectivity index (χ3n) is 7.74. The van der Waals surface area contributed by atoms with E-state index in [-0.39, 0.29) is 0 Å². The van der Waals surface area contributed by atoms with E-state index in [9.17, 15) is 0 Å². The molecule has 4 heteroatoms. The Bertz CT molecular complexity index is 2220. The lowest BCUT2D eigenvalue weighted by Gasteiger charge is -2.10. The molecule has 0 spiro atoms. The van der Waals surface area contributed by atoms with Gasteiger partial charge in [0.15, 0.2) is 5.82 Å². The Kier molecular flexibility index (Phi) is 5.75. The lowest BCUT2D eigenvalue weighted by molar-refractivity contribution is 1.23. The Hall–Kier alpha value is -5.74. The van der Waals surface area contributed by atoms with Crippen LogP contribution >= 0.6 is 0 Å². The minimum atomic E-state index is 0.721. The highest BCUT2D eigenvalue weighted by Crippen LogP contribution is 2.31. The SMILES string of the molecule is c1ccc(-c2nc(-c3ccc(-c4ccc(-c5ccc6ccc7cccnc7c6n5)cc4)cc3)nc3ccccc23)cc1. The highest BCUT2D eigenvalue weighted by molar-refractivity contribution is 6.03. The molecule has 8 aromatic rings. The largest absolute Gasteiger partial charge is 0.254 e. The zero-order valence-electron chi connectivity index (χ0n) is 22.6. The summed E-state index contributed by atoms with van der Waals surface area (Å²) in [7, 11) is 0. The third-order valence-corrected chi connectivity index (χ3v) is 7.74. The van der Waals surface area contributed by atoms with Crippen LogP contribution in [-0.4, -0.2) is 19.9 Å². The Balaban J connectivity index is 1.11. The number of nitrogens with zero attached hydrogens (tertiary/aromatic N) is 4. The van der Waals surface area contributed by atoms with E-state index < -0.39 is 0 Å². The smallest absolute Gasteiger partial charge is 0.160 e. The predicted octanol–water partition coefficient (Wildman–Crippen LogP) is 9.39. The first-order chi connectivity index (χ1) is 20.8. The van der Waals surface area contributed by atoms with Crippen molar-refractivity contribution in [3.8, 4) is 45.0 Å². The Morgan fingerprint density at radius 3 is 1.81 bits per heavy atom. The second-order valence-corrected chi connectivity index (χ2v) is 10.3. The summed E-state index contributed by atoms with van der Waals surface area (Å²) in [4.78, 5) is 19.5. The van der Waals surface area contributed by atoms with Crippen molar-refractivity contribution in [2.75, 3.05) is 0 Å². The average Bonchev–Trinajstić information content (AvgIpc) is 3.08. The van der Waals surface area contributed by atoms with Gasteiger partial charge in [0.25, 0.3) is 0 Å². The van der Waals surface area contributed by atoms with Crippen LogP contribution in [0.5, 0.6) is 0 Å². The predicted molar refractivity (Wildman–Crippen MR) is 172 cm³/mol. The van der Waals surface area contributed by atoms with Crippen molar-refractivity contribution in [3.05, 3.63) is 146 Å². The molecule has 0 saturated heterocycles. The molecular weight excluding hydrogens is 512 g/mol. The molecule has 0 unspecified atom stereocenters. The van der Waals surface area contributed by atoms with Gasteiger partial charge in [0, 0.05) is 39.0 Å². The molecule has 0 atom stereocenters. The number of benzene rings is 5. The van der Waals surface area contributed by atoms with Gasteiger partial charge in [0.2, 0.25) is 0 Å². The lowest BCUT2D eigenvalue weighted by Crippen LogP contribution is -1.95. The van der Waals surface area contributed by atoms with Gasteiger partial charge in [0.1, 0.15) is 0 Å². The van der Waals surface area contributed by atoms with Gasteiger partial charge in [-0.1, -0.05) is 121 Å². The standard InChI is InChI=1S/C38H24N4/c1-2-7-28(8-3-1)35-32-10-4-5-11-34(32)41-38(42-35)31-20-14-26(15-21-31)25-12-16-27(17-13-25)33-23-22-30-19-18-29-9-6-24-39-36(29)37(30)40-33/h1-24H. The molecular formula is C38H24N4. The number of hydrogen-bond acceptors (Lipinski definition) is 4. The molecule has 3 aromatic heterocycles. The van der Waals surface area contributed by atoms with E-state index in [4.69, 9.17) is 15.0 Å². The van der Waals surface area contributed by atoms with Crippen LogP contribution in [0.2, 0.25) is 0 Å². The van der Waals surface area contributed by atoms with Gasteiger partial charge in [-0.2, -0.15) is 0 Å². The lowest BCUT2D eigenvalue weighted by atomic mass is 10.0. The first-order valence-corrected chi connectivity index (χ1v) is 14.0. The van der Waals surface area contributed by atoms with Crippen molar-refractivity contribution in [2.24, 2.45) is 0 Å². The molecule has 0 saturated carbocycles. The summed E-state index contributed by atoms with van der Waals surface area (Å²) in [6, 6.07) is 48.0. The number of pyridine rings is 2. The van der Waals surface area contributed by atoms with E-state index in [0.717, 1.165) is 77.7 Å². The average molecular weight is 537 g/mol. The van der Waals surface area contributed by atoms with Crippen molar-refractivity contribution in [3.63, 3.8) is 0 Å². The van der Waals surface area contributed by atoms with Crippen LogP contribution < -0.4 is 0 Å². The Morgan fingerprint density at radius 1 is 0.381 bits per heavy atom. The molecule has 0 aliphatic heterocycles. The zero-order chi connectivity index (χ0) is 27.9. The van der Waals surface area contributed by atoms with E-state index in [1.54, 1.807) is 0 Å². The minimum absolute atomic E-state index is 0.721. The van der Waals surface area contributed by atoms with Crippen LogP contribution in [0.15, 0.2) is 146 Å².